The van der Waals surface area contributed by atoms with Crippen molar-refractivity contribution < 1.29 is 38.0 Å². The van der Waals surface area contributed by atoms with Crippen molar-refractivity contribution in [2.45, 2.75) is 65.1 Å². The number of esters is 2. The third kappa shape index (κ3) is 11.0. The van der Waals surface area contributed by atoms with Crippen molar-refractivity contribution in [2.75, 3.05) is 39.6 Å². The van der Waals surface area contributed by atoms with Crippen LogP contribution >= 0.6 is 0 Å². The van der Waals surface area contributed by atoms with Crippen molar-refractivity contribution in [1.29, 1.82) is 0 Å². The zero-order chi connectivity index (χ0) is 29.2. The third-order valence-corrected chi connectivity index (χ3v) is 6.04. The van der Waals surface area contributed by atoms with E-state index in [-0.39, 0.29) is 26.4 Å². The van der Waals surface area contributed by atoms with Gasteiger partial charge in [0.1, 0.15) is 24.7 Å². The van der Waals surface area contributed by atoms with E-state index in [1.807, 2.05) is 37.3 Å². The molecule has 2 aromatic carbocycles. The Balaban J connectivity index is 2.24. The summed E-state index contributed by atoms with van der Waals surface area (Å²) >= 11 is 0. The van der Waals surface area contributed by atoms with Gasteiger partial charge in [0, 0.05) is 36.1 Å². The molecule has 0 spiro atoms. The fourth-order valence-corrected chi connectivity index (χ4v) is 3.86. The number of rotatable bonds is 21. The molecule has 0 aliphatic carbocycles. The van der Waals surface area contributed by atoms with E-state index in [2.05, 4.69) is 27.0 Å². The predicted molar refractivity (Wildman–Crippen MR) is 156 cm³/mol. The zero-order valence-corrected chi connectivity index (χ0v) is 24.2. The van der Waals surface area contributed by atoms with Gasteiger partial charge in [0.25, 0.3) is 0 Å². The SMILES string of the molecule is C=CC(=O)OC(COCCCC)COc1cc(CC)c(OCC(COCCCC)OC(=O)C=C)c2ccccc12. The van der Waals surface area contributed by atoms with E-state index in [4.69, 9.17) is 28.4 Å². The standard InChI is InChI=1S/C32H44O8/c1-6-11-17-35-20-25(39-30(33)9-4)22-37-29-19-24(8-3)32(28-16-14-13-15-27(28)29)38-23-26(40-31(34)10-5)21-36-18-12-7-2/h9-10,13-16,19,25-26H,4-8,11-12,17-18,20-23H2,1-3H3. The Morgan fingerprint density at radius 2 is 1.30 bits per heavy atom. The van der Waals surface area contributed by atoms with Crippen LogP contribution in [-0.2, 0) is 35.0 Å². The molecule has 0 amide bonds. The van der Waals surface area contributed by atoms with Crippen LogP contribution in [0.4, 0.5) is 0 Å². The van der Waals surface area contributed by atoms with Crippen LogP contribution in [0.2, 0.25) is 0 Å². The molecular weight excluding hydrogens is 512 g/mol. The van der Waals surface area contributed by atoms with E-state index in [1.165, 1.54) is 0 Å². The molecule has 8 nitrogen and oxygen atoms in total. The number of ether oxygens (including phenoxy) is 6. The first-order valence-electron chi connectivity index (χ1n) is 14.1. The minimum Gasteiger partial charge on any atom is -0.489 e. The van der Waals surface area contributed by atoms with Crippen molar-refractivity contribution in [3.05, 3.63) is 61.2 Å². The van der Waals surface area contributed by atoms with Crippen LogP contribution < -0.4 is 9.47 Å². The quantitative estimate of drug-likeness (QED) is 0.105. The monoisotopic (exact) mass is 556 g/mol. The van der Waals surface area contributed by atoms with Crippen LogP contribution in [-0.4, -0.2) is 63.8 Å². The smallest absolute Gasteiger partial charge is 0.330 e. The summed E-state index contributed by atoms with van der Waals surface area (Å²) in [7, 11) is 0. The lowest BCUT2D eigenvalue weighted by atomic mass is 10.0. The van der Waals surface area contributed by atoms with E-state index in [0.717, 1.165) is 54.2 Å². The number of hydrogen-bond donors (Lipinski definition) is 0. The second-order valence-electron chi connectivity index (χ2n) is 9.27. The second-order valence-corrected chi connectivity index (χ2v) is 9.27. The van der Waals surface area contributed by atoms with Crippen LogP contribution in [0.1, 0.15) is 52.0 Å². The fraction of sp³-hybridized carbons (Fsp3) is 0.500. The highest BCUT2D eigenvalue weighted by molar-refractivity contribution is 5.94. The highest BCUT2D eigenvalue weighted by atomic mass is 16.6. The van der Waals surface area contributed by atoms with Crippen molar-refractivity contribution in [3.63, 3.8) is 0 Å². The van der Waals surface area contributed by atoms with Crippen LogP contribution in [0.15, 0.2) is 55.6 Å². The number of benzene rings is 2. The van der Waals surface area contributed by atoms with Gasteiger partial charge in [0.05, 0.1) is 13.2 Å². The molecule has 0 bridgehead atoms. The molecule has 2 rings (SSSR count). The Morgan fingerprint density at radius 3 is 1.80 bits per heavy atom. The molecule has 0 aliphatic rings. The lowest BCUT2D eigenvalue weighted by Gasteiger charge is -2.22. The van der Waals surface area contributed by atoms with E-state index in [9.17, 15) is 9.59 Å². The van der Waals surface area contributed by atoms with E-state index < -0.39 is 24.1 Å². The Morgan fingerprint density at radius 1 is 0.775 bits per heavy atom. The van der Waals surface area contributed by atoms with E-state index in [0.29, 0.717) is 31.1 Å². The first-order chi connectivity index (χ1) is 19.5. The van der Waals surface area contributed by atoms with Gasteiger partial charge in [-0.1, -0.05) is 71.0 Å². The highest BCUT2D eigenvalue weighted by Crippen LogP contribution is 2.37. The molecule has 220 valence electrons. The minimum absolute atomic E-state index is 0.119. The van der Waals surface area contributed by atoms with Crippen LogP contribution in [0, 0.1) is 0 Å². The first kappa shape index (κ1) is 32.8. The molecule has 0 saturated carbocycles. The fourth-order valence-electron chi connectivity index (χ4n) is 3.86. The van der Waals surface area contributed by atoms with Crippen LogP contribution in [0.3, 0.4) is 0 Å². The van der Waals surface area contributed by atoms with Gasteiger partial charge >= 0.3 is 11.9 Å². The maximum absolute atomic E-state index is 11.9. The summed E-state index contributed by atoms with van der Waals surface area (Å²) in [6.45, 7) is 15.0. The normalized spacial score (nSPS) is 12.4. The largest absolute Gasteiger partial charge is 0.489 e. The van der Waals surface area contributed by atoms with Crippen LogP contribution in [0.5, 0.6) is 11.5 Å². The average molecular weight is 557 g/mol. The Bertz CT molecular complexity index is 1080. The van der Waals surface area contributed by atoms with Gasteiger partial charge in [-0.2, -0.15) is 0 Å². The molecule has 0 N–H and O–H groups in total. The highest BCUT2D eigenvalue weighted by Gasteiger charge is 2.20. The molecule has 8 heteroatoms. The molecule has 2 unspecified atom stereocenters. The van der Waals surface area contributed by atoms with Crippen molar-refractivity contribution in [2.24, 2.45) is 0 Å². The molecule has 2 aromatic rings. The van der Waals surface area contributed by atoms with E-state index in [1.54, 1.807) is 0 Å². The number of unbranched alkanes of at least 4 members (excludes halogenated alkanes) is 2. The van der Waals surface area contributed by atoms with Gasteiger partial charge in [-0.25, -0.2) is 9.59 Å². The van der Waals surface area contributed by atoms with E-state index >= 15 is 0 Å². The maximum atomic E-state index is 11.9. The molecule has 40 heavy (non-hydrogen) atoms. The van der Waals surface area contributed by atoms with Gasteiger partial charge in [-0.15, -0.1) is 0 Å². The molecule has 2 atom stereocenters. The lowest BCUT2D eigenvalue weighted by molar-refractivity contribution is -0.148. The third-order valence-electron chi connectivity index (χ3n) is 6.04. The summed E-state index contributed by atoms with van der Waals surface area (Å²) in [5.74, 6) is 0.282. The van der Waals surface area contributed by atoms with Crippen molar-refractivity contribution >= 4 is 22.7 Å². The Hall–Kier alpha value is -3.36. The van der Waals surface area contributed by atoms with Gasteiger partial charge in [-0.3, -0.25) is 0 Å². The number of hydrogen-bond acceptors (Lipinski definition) is 8. The molecule has 0 aliphatic heterocycles. The number of fused-ring (bicyclic) bond motifs is 1. The van der Waals surface area contributed by atoms with Gasteiger partial charge in [0.2, 0.25) is 0 Å². The summed E-state index contributed by atoms with van der Waals surface area (Å²) in [4.78, 5) is 23.8. The summed E-state index contributed by atoms with van der Waals surface area (Å²) in [5.41, 5.74) is 0.924. The minimum atomic E-state index is -0.588. The molecule has 0 aromatic heterocycles. The maximum Gasteiger partial charge on any atom is 0.330 e. The first-order valence-corrected chi connectivity index (χ1v) is 14.1. The molecule has 0 fully saturated rings. The number of aryl methyl sites for hydroxylation is 1. The number of carbonyl (C=O) groups is 2. The topological polar surface area (TPSA) is 89.5 Å². The van der Waals surface area contributed by atoms with Crippen molar-refractivity contribution in [3.8, 4) is 11.5 Å². The van der Waals surface area contributed by atoms with Crippen molar-refractivity contribution in [1.82, 2.24) is 0 Å². The summed E-state index contributed by atoms with van der Waals surface area (Å²) in [6, 6.07) is 9.69. The second kappa shape index (κ2) is 18.8. The Labute approximate surface area is 238 Å². The molecule has 0 radical (unpaired) electrons. The summed E-state index contributed by atoms with van der Waals surface area (Å²) in [6.07, 6.45) is 5.63. The molecule has 0 heterocycles. The zero-order valence-electron chi connectivity index (χ0n) is 24.2. The summed E-state index contributed by atoms with van der Waals surface area (Å²) in [5, 5.41) is 1.70. The van der Waals surface area contributed by atoms with Gasteiger partial charge in [0.15, 0.2) is 12.2 Å². The number of carbonyl (C=O) groups excluding carboxylic acids is 2. The Kier molecular flexibility index (Phi) is 15.5. The average Bonchev–Trinajstić information content (AvgIpc) is 2.98. The van der Waals surface area contributed by atoms with Gasteiger partial charge < -0.3 is 28.4 Å². The van der Waals surface area contributed by atoms with Gasteiger partial charge in [-0.05, 0) is 30.9 Å². The lowest BCUT2D eigenvalue weighted by Crippen LogP contribution is -2.30. The molecular formula is C32H44O8. The molecule has 0 saturated heterocycles. The van der Waals surface area contributed by atoms with Crippen LogP contribution in [0.25, 0.3) is 10.8 Å². The predicted octanol–water partition coefficient (Wildman–Crippen LogP) is 5.99. The summed E-state index contributed by atoms with van der Waals surface area (Å²) < 4.78 is 34.8.